The van der Waals surface area contributed by atoms with E-state index in [1.807, 2.05) is 6.92 Å². The molecular formula is C12H22O6. The molecule has 6 nitrogen and oxygen atoms in total. The van der Waals surface area contributed by atoms with Gasteiger partial charge >= 0.3 is 5.97 Å². The average Bonchev–Trinajstić information content (AvgIpc) is 2.76. The molecule has 0 bridgehead atoms. The highest BCUT2D eigenvalue weighted by Crippen LogP contribution is 2.28. The Bertz CT molecular complexity index is 269. The van der Waals surface area contributed by atoms with E-state index < -0.39 is 18.0 Å². The van der Waals surface area contributed by atoms with Crippen molar-refractivity contribution < 1.29 is 29.1 Å². The number of carbonyl (C=O) groups is 1. The fourth-order valence-corrected chi connectivity index (χ4v) is 1.71. The summed E-state index contributed by atoms with van der Waals surface area (Å²) in [6.07, 6.45) is 3.05. The zero-order valence-corrected chi connectivity index (χ0v) is 11.2. The molecule has 1 heterocycles. The van der Waals surface area contributed by atoms with Gasteiger partial charge in [-0.05, 0) is 19.3 Å². The number of hydrogen-bond donors (Lipinski definition) is 1. The monoisotopic (exact) mass is 262 g/mol. The molecule has 18 heavy (non-hydrogen) atoms. The van der Waals surface area contributed by atoms with Crippen molar-refractivity contribution in [3.05, 3.63) is 0 Å². The molecule has 0 amide bonds. The molecule has 1 aliphatic heterocycles. The molecule has 0 saturated carbocycles. The van der Waals surface area contributed by atoms with Gasteiger partial charge in [0.05, 0.1) is 13.2 Å². The Hall–Kier alpha value is -0.690. The first kappa shape index (κ1) is 15.4. The molecule has 3 unspecified atom stereocenters. The minimum absolute atomic E-state index is 0.244. The zero-order valence-electron chi connectivity index (χ0n) is 11.2. The third-order valence-corrected chi connectivity index (χ3v) is 2.93. The summed E-state index contributed by atoms with van der Waals surface area (Å²) in [6, 6.07) is 0. The van der Waals surface area contributed by atoms with E-state index in [1.54, 1.807) is 0 Å². The van der Waals surface area contributed by atoms with Gasteiger partial charge in [-0.15, -0.1) is 0 Å². The summed E-state index contributed by atoms with van der Waals surface area (Å²) in [5.41, 5.74) is 0. The van der Waals surface area contributed by atoms with Crippen molar-refractivity contribution in [1.82, 2.24) is 0 Å². The number of methoxy groups -OCH3 is 1. The molecule has 0 aromatic carbocycles. The molecule has 1 saturated heterocycles. The first-order chi connectivity index (χ1) is 8.51. The molecule has 0 aliphatic carbocycles. The van der Waals surface area contributed by atoms with E-state index >= 15 is 0 Å². The maximum Gasteiger partial charge on any atom is 0.369 e. The van der Waals surface area contributed by atoms with Crippen LogP contribution in [-0.2, 0) is 24.0 Å². The summed E-state index contributed by atoms with van der Waals surface area (Å²) in [6.45, 7) is 3.41. The van der Waals surface area contributed by atoms with Gasteiger partial charge < -0.3 is 14.6 Å². The Kier molecular flexibility index (Phi) is 6.01. The van der Waals surface area contributed by atoms with Crippen LogP contribution in [-0.4, -0.2) is 36.4 Å². The quantitative estimate of drug-likeness (QED) is 0.426. The van der Waals surface area contributed by atoms with Crippen LogP contribution in [0.4, 0.5) is 0 Å². The van der Waals surface area contributed by atoms with Gasteiger partial charge in [-0.25, -0.2) is 9.68 Å². The highest BCUT2D eigenvalue weighted by atomic mass is 17.3. The van der Waals surface area contributed by atoms with Crippen molar-refractivity contribution in [3.8, 4) is 0 Å². The normalized spacial score (nSPS) is 29.2. The second-order valence-electron chi connectivity index (χ2n) is 4.51. The number of aliphatic hydroxyl groups is 1. The van der Waals surface area contributed by atoms with E-state index in [0.29, 0.717) is 6.42 Å². The molecule has 3 atom stereocenters. The molecule has 6 heteroatoms. The van der Waals surface area contributed by atoms with Crippen LogP contribution in [0.5, 0.6) is 0 Å². The van der Waals surface area contributed by atoms with Crippen LogP contribution in [0.2, 0.25) is 0 Å². The number of unbranched alkanes of at least 4 members (excludes halogenated alkanes) is 1. The summed E-state index contributed by atoms with van der Waals surface area (Å²) in [4.78, 5) is 21.2. The van der Waals surface area contributed by atoms with Crippen LogP contribution in [0.25, 0.3) is 0 Å². The zero-order chi connectivity index (χ0) is 13.6. The average molecular weight is 262 g/mol. The number of esters is 1. The maximum absolute atomic E-state index is 11.4. The van der Waals surface area contributed by atoms with Crippen LogP contribution >= 0.6 is 0 Å². The van der Waals surface area contributed by atoms with E-state index in [2.05, 4.69) is 4.74 Å². The van der Waals surface area contributed by atoms with E-state index in [0.717, 1.165) is 25.7 Å². The predicted molar refractivity (Wildman–Crippen MR) is 62.2 cm³/mol. The standard InChI is InChI=1S/C12H22O6/c1-4-9(13)7-5-6-8-10-16-12(2,18-17-10)11(14)15-3/h9-10,13H,4-8H2,1-3H3. The molecule has 1 fully saturated rings. The topological polar surface area (TPSA) is 74.2 Å². The van der Waals surface area contributed by atoms with Crippen molar-refractivity contribution >= 4 is 5.97 Å². The lowest BCUT2D eigenvalue weighted by molar-refractivity contribution is -0.321. The highest BCUT2D eigenvalue weighted by Gasteiger charge is 2.47. The van der Waals surface area contributed by atoms with Crippen molar-refractivity contribution in [3.63, 3.8) is 0 Å². The Labute approximate surface area is 107 Å². The molecule has 0 radical (unpaired) electrons. The van der Waals surface area contributed by atoms with Gasteiger partial charge in [0.1, 0.15) is 0 Å². The Balaban J connectivity index is 2.21. The lowest BCUT2D eigenvalue weighted by Gasteiger charge is -2.16. The largest absolute Gasteiger partial charge is 0.465 e. The number of hydrogen-bond acceptors (Lipinski definition) is 6. The fourth-order valence-electron chi connectivity index (χ4n) is 1.71. The van der Waals surface area contributed by atoms with Crippen LogP contribution < -0.4 is 0 Å². The maximum atomic E-state index is 11.4. The Morgan fingerprint density at radius 2 is 2.22 bits per heavy atom. The SMILES string of the molecule is CCC(O)CCCCC1OOC(C)(C(=O)OC)O1. The molecule has 1 aliphatic rings. The first-order valence-corrected chi connectivity index (χ1v) is 6.30. The highest BCUT2D eigenvalue weighted by molar-refractivity contribution is 5.77. The van der Waals surface area contributed by atoms with Crippen LogP contribution in [0, 0.1) is 0 Å². The number of aliphatic hydroxyl groups excluding tert-OH is 1. The van der Waals surface area contributed by atoms with Crippen molar-refractivity contribution in [2.24, 2.45) is 0 Å². The van der Waals surface area contributed by atoms with Gasteiger partial charge in [-0.3, -0.25) is 0 Å². The number of carbonyl (C=O) groups excluding carboxylic acids is 1. The van der Waals surface area contributed by atoms with E-state index in [-0.39, 0.29) is 6.10 Å². The third kappa shape index (κ3) is 4.20. The van der Waals surface area contributed by atoms with Crippen molar-refractivity contribution in [1.29, 1.82) is 0 Å². The molecular weight excluding hydrogens is 240 g/mol. The first-order valence-electron chi connectivity index (χ1n) is 6.30. The summed E-state index contributed by atoms with van der Waals surface area (Å²) >= 11 is 0. The van der Waals surface area contributed by atoms with Crippen LogP contribution in [0.1, 0.15) is 46.0 Å². The summed E-state index contributed by atoms with van der Waals surface area (Å²) < 4.78 is 9.91. The fraction of sp³-hybridized carbons (Fsp3) is 0.917. The summed E-state index contributed by atoms with van der Waals surface area (Å²) in [5, 5.41) is 9.39. The number of ether oxygens (including phenoxy) is 2. The lowest BCUT2D eigenvalue weighted by Crippen LogP contribution is -2.38. The van der Waals surface area contributed by atoms with Gasteiger partial charge in [-0.2, -0.15) is 4.89 Å². The predicted octanol–water partition coefficient (Wildman–Crippen LogP) is 1.51. The van der Waals surface area contributed by atoms with Crippen LogP contribution in [0.3, 0.4) is 0 Å². The van der Waals surface area contributed by atoms with Gasteiger partial charge in [0.15, 0.2) is 6.29 Å². The smallest absolute Gasteiger partial charge is 0.369 e. The molecule has 0 aromatic rings. The molecule has 0 spiro atoms. The van der Waals surface area contributed by atoms with Gasteiger partial charge in [0, 0.05) is 13.3 Å². The second kappa shape index (κ2) is 7.04. The molecule has 106 valence electrons. The third-order valence-electron chi connectivity index (χ3n) is 2.93. The Morgan fingerprint density at radius 1 is 1.50 bits per heavy atom. The molecule has 1 N–H and O–H groups in total. The van der Waals surface area contributed by atoms with E-state index in [1.165, 1.54) is 14.0 Å². The van der Waals surface area contributed by atoms with Crippen molar-refractivity contribution in [2.45, 2.75) is 64.1 Å². The second-order valence-corrected chi connectivity index (χ2v) is 4.51. The van der Waals surface area contributed by atoms with Gasteiger partial charge in [0.25, 0.3) is 5.79 Å². The van der Waals surface area contributed by atoms with Crippen LogP contribution in [0.15, 0.2) is 0 Å². The lowest BCUT2D eigenvalue weighted by atomic mass is 10.1. The number of rotatable bonds is 7. The minimum Gasteiger partial charge on any atom is -0.465 e. The Morgan fingerprint density at radius 3 is 2.83 bits per heavy atom. The van der Waals surface area contributed by atoms with Crippen molar-refractivity contribution in [2.75, 3.05) is 7.11 Å². The minimum atomic E-state index is -1.47. The van der Waals surface area contributed by atoms with E-state index in [4.69, 9.17) is 14.5 Å². The summed E-state index contributed by atoms with van der Waals surface area (Å²) in [5.74, 6) is -2.09. The molecule has 0 aromatic heterocycles. The molecule has 1 rings (SSSR count). The van der Waals surface area contributed by atoms with E-state index in [9.17, 15) is 9.90 Å². The van der Waals surface area contributed by atoms with Gasteiger partial charge in [-0.1, -0.05) is 13.3 Å². The van der Waals surface area contributed by atoms with Gasteiger partial charge in [0.2, 0.25) is 0 Å². The summed E-state index contributed by atoms with van der Waals surface area (Å²) in [7, 11) is 1.26.